The van der Waals surface area contributed by atoms with E-state index in [1.54, 1.807) is 7.11 Å². The normalized spacial score (nSPS) is 12.3. The molecule has 0 aliphatic heterocycles. The molecule has 0 radical (unpaired) electrons. The van der Waals surface area contributed by atoms with Gasteiger partial charge in [-0.05, 0) is 35.6 Å². The van der Waals surface area contributed by atoms with Crippen LogP contribution in [0.15, 0.2) is 60.8 Å². The summed E-state index contributed by atoms with van der Waals surface area (Å²) in [5.41, 5.74) is 8.47. The zero-order chi connectivity index (χ0) is 14.7. The summed E-state index contributed by atoms with van der Waals surface area (Å²) in [6.07, 6.45) is 2.56. The number of hydrogen-bond acceptors (Lipinski definition) is 3. The van der Waals surface area contributed by atoms with Crippen LogP contribution in [0.1, 0.15) is 17.3 Å². The molecular formula is C18H18N2O. The van der Waals surface area contributed by atoms with Crippen LogP contribution in [0, 0.1) is 0 Å². The molecule has 1 heterocycles. The second kappa shape index (κ2) is 5.94. The minimum Gasteiger partial charge on any atom is -0.497 e. The van der Waals surface area contributed by atoms with Crippen LogP contribution in [0.5, 0.6) is 5.75 Å². The number of benzene rings is 2. The van der Waals surface area contributed by atoms with Gasteiger partial charge in [0.2, 0.25) is 0 Å². The number of hydrogen-bond donors (Lipinski definition) is 1. The summed E-state index contributed by atoms with van der Waals surface area (Å²) in [5, 5.41) is 2.29. The first-order valence-electron chi connectivity index (χ1n) is 7.00. The molecule has 3 nitrogen and oxygen atoms in total. The third kappa shape index (κ3) is 2.88. The minimum absolute atomic E-state index is 0.136. The molecule has 3 heteroatoms. The first kappa shape index (κ1) is 13.6. The molecule has 0 amide bonds. The minimum atomic E-state index is -0.136. The Morgan fingerprint density at radius 3 is 2.81 bits per heavy atom. The lowest BCUT2D eigenvalue weighted by atomic mass is 9.99. The lowest BCUT2D eigenvalue weighted by Gasteiger charge is -2.14. The van der Waals surface area contributed by atoms with Crippen LogP contribution >= 0.6 is 0 Å². The molecule has 0 bridgehead atoms. The largest absolute Gasteiger partial charge is 0.497 e. The summed E-state index contributed by atoms with van der Waals surface area (Å²) in [4.78, 5) is 4.49. The van der Waals surface area contributed by atoms with Crippen molar-refractivity contribution < 1.29 is 4.74 Å². The lowest BCUT2D eigenvalue weighted by Crippen LogP contribution is -2.15. The van der Waals surface area contributed by atoms with Crippen LogP contribution in [0.2, 0.25) is 0 Å². The van der Waals surface area contributed by atoms with Crippen LogP contribution in [0.3, 0.4) is 0 Å². The van der Waals surface area contributed by atoms with Crippen molar-refractivity contribution in [3.8, 4) is 5.75 Å². The summed E-state index contributed by atoms with van der Waals surface area (Å²) in [5.74, 6) is 0.852. The van der Waals surface area contributed by atoms with Gasteiger partial charge in [0.15, 0.2) is 0 Å². The molecule has 21 heavy (non-hydrogen) atoms. The van der Waals surface area contributed by atoms with E-state index in [1.807, 2.05) is 42.6 Å². The Morgan fingerprint density at radius 1 is 1.10 bits per heavy atom. The summed E-state index contributed by atoms with van der Waals surface area (Å²) in [6.45, 7) is 0. The van der Waals surface area contributed by atoms with Crippen molar-refractivity contribution in [3.05, 3.63) is 72.1 Å². The van der Waals surface area contributed by atoms with E-state index in [2.05, 4.69) is 23.2 Å². The number of rotatable bonds is 4. The van der Waals surface area contributed by atoms with E-state index in [9.17, 15) is 0 Å². The van der Waals surface area contributed by atoms with Gasteiger partial charge in [0, 0.05) is 11.6 Å². The number of nitrogens with zero attached hydrogens (tertiary/aromatic N) is 1. The van der Waals surface area contributed by atoms with Gasteiger partial charge in [-0.2, -0.15) is 0 Å². The molecule has 0 fully saturated rings. The Balaban J connectivity index is 1.91. The fraction of sp³-hybridized carbons (Fsp3) is 0.167. The third-order valence-corrected chi connectivity index (χ3v) is 3.65. The van der Waals surface area contributed by atoms with Crippen molar-refractivity contribution in [3.63, 3.8) is 0 Å². The van der Waals surface area contributed by atoms with E-state index in [1.165, 1.54) is 5.39 Å². The summed E-state index contributed by atoms with van der Waals surface area (Å²) >= 11 is 0. The number of methoxy groups -OCH3 is 1. The first-order valence-corrected chi connectivity index (χ1v) is 7.00. The molecule has 1 atom stereocenters. The van der Waals surface area contributed by atoms with Gasteiger partial charge < -0.3 is 10.5 Å². The van der Waals surface area contributed by atoms with Crippen LogP contribution < -0.4 is 10.5 Å². The van der Waals surface area contributed by atoms with Crippen LogP contribution in [0.25, 0.3) is 10.8 Å². The molecule has 0 aliphatic carbocycles. The average Bonchev–Trinajstić information content (AvgIpc) is 2.54. The van der Waals surface area contributed by atoms with Crippen molar-refractivity contribution in [1.29, 1.82) is 0 Å². The highest BCUT2D eigenvalue weighted by Crippen LogP contribution is 2.24. The number of ether oxygens (including phenoxy) is 1. The van der Waals surface area contributed by atoms with Crippen LogP contribution in [-0.2, 0) is 6.42 Å². The van der Waals surface area contributed by atoms with Gasteiger partial charge >= 0.3 is 0 Å². The van der Waals surface area contributed by atoms with Crippen LogP contribution in [-0.4, -0.2) is 12.1 Å². The fourth-order valence-corrected chi connectivity index (χ4v) is 2.59. The van der Waals surface area contributed by atoms with E-state index in [4.69, 9.17) is 10.5 Å². The predicted octanol–water partition coefficient (Wildman–Crippen LogP) is 3.49. The van der Waals surface area contributed by atoms with Gasteiger partial charge in [-0.15, -0.1) is 0 Å². The second-order valence-electron chi connectivity index (χ2n) is 5.08. The van der Waals surface area contributed by atoms with Crippen LogP contribution in [0.4, 0.5) is 0 Å². The number of aromatic nitrogens is 1. The van der Waals surface area contributed by atoms with E-state index in [0.29, 0.717) is 0 Å². The van der Waals surface area contributed by atoms with Crippen molar-refractivity contribution >= 4 is 10.8 Å². The zero-order valence-electron chi connectivity index (χ0n) is 12.0. The maximum absolute atomic E-state index is 6.38. The van der Waals surface area contributed by atoms with Gasteiger partial charge in [0.05, 0.1) is 18.8 Å². The lowest BCUT2D eigenvalue weighted by molar-refractivity contribution is 0.414. The zero-order valence-corrected chi connectivity index (χ0v) is 12.0. The Labute approximate surface area is 124 Å². The number of nitrogens with two attached hydrogens (primary N) is 1. The topological polar surface area (TPSA) is 48.1 Å². The number of pyridine rings is 1. The monoisotopic (exact) mass is 278 g/mol. The third-order valence-electron chi connectivity index (χ3n) is 3.65. The molecule has 0 saturated carbocycles. The fourth-order valence-electron chi connectivity index (χ4n) is 2.59. The Hall–Kier alpha value is -2.39. The first-order chi connectivity index (χ1) is 10.3. The molecular weight excluding hydrogens is 260 g/mol. The Morgan fingerprint density at radius 2 is 1.95 bits per heavy atom. The van der Waals surface area contributed by atoms with Gasteiger partial charge in [-0.25, -0.2) is 0 Å². The Bertz CT molecular complexity index is 750. The van der Waals surface area contributed by atoms with Crippen molar-refractivity contribution in [1.82, 2.24) is 4.98 Å². The maximum atomic E-state index is 6.38. The molecule has 2 aromatic carbocycles. The molecule has 106 valence electrons. The van der Waals surface area contributed by atoms with Crippen molar-refractivity contribution in [2.24, 2.45) is 5.73 Å². The molecule has 1 aromatic heterocycles. The van der Waals surface area contributed by atoms with E-state index >= 15 is 0 Å². The highest BCUT2D eigenvalue weighted by Gasteiger charge is 2.12. The molecule has 3 rings (SSSR count). The van der Waals surface area contributed by atoms with Gasteiger partial charge in [-0.1, -0.05) is 36.4 Å². The van der Waals surface area contributed by atoms with Gasteiger partial charge in [0.25, 0.3) is 0 Å². The maximum Gasteiger partial charge on any atom is 0.119 e. The molecule has 0 saturated heterocycles. The average molecular weight is 278 g/mol. The highest BCUT2D eigenvalue weighted by atomic mass is 16.5. The SMILES string of the molecule is COc1cccc(CC(N)c2nccc3ccccc23)c1. The molecule has 0 aliphatic rings. The molecule has 2 N–H and O–H groups in total. The van der Waals surface area contributed by atoms with Crippen molar-refractivity contribution in [2.75, 3.05) is 7.11 Å². The van der Waals surface area contributed by atoms with E-state index < -0.39 is 0 Å². The molecule has 3 aromatic rings. The van der Waals surface area contributed by atoms with E-state index in [0.717, 1.165) is 28.8 Å². The summed E-state index contributed by atoms with van der Waals surface area (Å²) < 4.78 is 5.26. The molecule has 0 spiro atoms. The standard InChI is InChI=1S/C18H18N2O/c1-21-15-7-4-5-13(11-15)12-17(19)18-16-8-3-2-6-14(16)9-10-20-18/h2-11,17H,12,19H2,1H3. The number of fused-ring (bicyclic) bond motifs is 1. The van der Waals surface area contributed by atoms with Gasteiger partial charge in [-0.3, -0.25) is 4.98 Å². The smallest absolute Gasteiger partial charge is 0.119 e. The summed E-state index contributed by atoms with van der Waals surface area (Å²) in [6, 6.07) is 18.1. The second-order valence-corrected chi connectivity index (χ2v) is 5.08. The Kier molecular flexibility index (Phi) is 3.84. The predicted molar refractivity (Wildman–Crippen MR) is 85.4 cm³/mol. The van der Waals surface area contributed by atoms with Crippen molar-refractivity contribution in [2.45, 2.75) is 12.5 Å². The summed E-state index contributed by atoms with van der Waals surface area (Å²) in [7, 11) is 1.67. The van der Waals surface area contributed by atoms with E-state index in [-0.39, 0.29) is 6.04 Å². The molecule has 1 unspecified atom stereocenters. The quantitative estimate of drug-likeness (QED) is 0.794. The van der Waals surface area contributed by atoms with Gasteiger partial charge in [0.1, 0.15) is 5.75 Å². The highest BCUT2D eigenvalue weighted by molar-refractivity contribution is 5.84.